The molecule has 1 aliphatic rings. The van der Waals surface area contributed by atoms with Crippen LogP contribution in [0.3, 0.4) is 0 Å². The molecule has 1 aliphatic heterocycles. The highest BCUT2D eigenvalue weighted by atomic mass is 35.5. The zero-order valence-electron chi connectivity index (χ0n) is 15.3. The summed E-state index contributed by atoms with van der Waals surface area (Å²) in [5, 5.41) is 12.3. The van der Waals surface area contributed by atoms with E-state index in [1.54, 1.807) is 25.1 Å². The third-order valence-electron chi connectivity index (χ3n) is 4.24. The molecule has 0 bridgehead atoms. The SMILES string of the molecule is CCOC(=O)C1CCN(/C=C(/C#N)C(=O)Nc2ccc(OC)c(Cl)c2)CC1. The first-order valence-corrected chi connectivity index (χ1v) is 9.03. The van der Waals surface area contributed by atoms with Gasteiger partial charge in [-0.15, -0.1) is 0 Å². The van der Waals surface area contributed by atoms with Crippen LogP contribution >= 0.6 is 11.6 Å². The van der Waals surface area contributed by atoms with Crippen molar-refractivity contribution < 1.29 is 19.1 Å². The van der Waals surface area contributed by atoms with Crippen LogP contribution in [0.25, 0.3) is 0 Å². The quantitative estimate of drug-likeness (QED) is 0.455. The van der Waals surface area contributed by atoms with Crippen LogP contribution in [0.1, 0.15) is 19.8 Å². The molecule has 1 aromatic carbocycles. The Labute approximate surface area is 163 Å². The molecule has 0 radical (unpaired) electrons. The summed E-state index contributed by atoms with van der Waals surface area (Å²) in [4.78, 5) is 26.0. The Hall–Kier alpha value is -2.72. The average molecular weight is 392 g/mol. The Bertz CT molecular complexity index is 765. The predicted octanol–water partition coefficient (Wildman–Crippen LogP) is 2.97. The van der Waals surface area contributed by atoms with Crippen LogP contribution in [0.4, 0.5) is 5.69 Å². The number of carbonyl (C=O) groups is 2. The normalized spacial score (nSPS) is 15.0. The minimum Gasteiger partial charge on any atom is -0.495 e. The number of methoxy groups -OCH3 is 1. The number of ether oxygens (including phenoxy) is 2. The van der Waals surface area contributed by atoms with E-state index in [9.17, 15) is 14.9 Å². The van der Waals surface area contributed by atoms with Gasteiger partial charge in [0.1, 0.15) is 17.4 Å². The third kappa shape index (κ3) is 5.63. The lowest BCUT2D eigenvalue weighted by Gasteiger charge is -2.30. The van der Waals surface area contributed by atoms with E-state index in [1.807, 2.05) is 11.0 Å². The molecule has 27 heavy (non-hydrogen) atoms. The number of anilines is 1. The van der Waals surface area contributed by atoms with Gasteiger partial charge < -0.3 is 19.7 Å². The minimum absolute atomic E-state index is 0.0171. The Morgan fingerprint density at radius 2 is 2.11 bits per heavy atom. The van der Waals surface area contributed by atoms with Crippen molar-refractivity contribution in [2.45, 2.75) is 19.8 Å². The maximum absolute atomic E-state index is 12.4. The molecule has 1 fully saturated rings. The first-order chi connectivity index (χ1) is 13.0. The molecule has 1 aromatic rings. The fraction of sp³-hybridized carbons (Fsp3) is 0.421. The monoisotopic (exact) mass is 391 g/mol. The predicted molar refractivity (Wildman–Crippen MR) is 101 cm³/mol. The molecule has 0 saturated carbocycles. The number of amides is 1. The molecule has 0 spiro atoms. The highest BCUT2D eigenvalue weighted by Crippen LogP contribution is 2.27. The topological polar surface area (TPSA) is 91.7 Å². The van der Waals surface area contributed by atoms with Gasteiger partial charge in [-0.05, 0) is 38.0 Å². The average Bonchev–Trinajstić information content (AvgIpc) is 2.66. The highest BCUT2D eigenvalue weighted by molar-refractivity contribution is 6.32. The molecule has 8 heteroatoms. The Morgan fingerprint density at radius 3 is 2.67 bits per heavy atom. The van der Waals surface area contributed by atoms with Gasteiger partial charge in [0.05, 0.1) is 24.7 Å². The zero-order chi connectivity index (χ0) is 19.8. The summed E-state index contributed by atoms with van der Waals surface area (Å²) in [6.45, 7) is 3.31. The Balaban J connectivity index is 1.98. The second kappa shape index (κ2) is 9.83. The number of likely N-dealkylation sites (tertiary alicyclic amines) is 1. The number of rotatable bonds is 6. The first kappa shape index (κ1) is 20.6. The molecule has 0 atom stereocenters. The summed E-state index contributed by atoms with van der Waals surface area (Å²) < 4.78 is 10.1. The van der Waals surface area contributed by atoms with Crippen molar-refractivity contribution in [3.8, 4) is 11.8 Å². The van der Waals surface area contributed by atoms with Crippen LogP contribution in [0.5, 0.6) is 5.75 Å². The molecule has 2 rings (SSSR count). The molecule has 1 N–H and O–H groups in total. The van der Waals surface area contributed by atoms with E-state index < -0.39 is 5.91 Å². The van der Waals surface area contributed by atoms with Crippen LogP contribution in [0.2, 0.25) is 5.02 Å². The van der Waals surface area contributed by atoms with Crippen LogP contribution in [-0.4, -0.2) is 43.6 Å². The lowest BCUT2D eigenvalue weighted by atomic mass is 9.97. The number of esters is 1. The molecule has 7 nitrogen and oxygen atoms in total. The fourth-order valence-electron chi connectivity index (χ4n) is 2.79. The van der Waals surface area contributed by atoms with E-state index in [-0.39, 0.29) is 17.5 Å². The van der Waals surface area contributed by atoms with Crippen molar-refractivity contribution in [1.82, 2.24) is 4.90 Å². The number of benzene rings is 1. The van der Waals surface area contributed by atoms with Crippen molar-refractivity contribution in [1.29, 1.82) is 5.26 Å². The van der Waals surface area contributed by atoms with Gasteiger partial charge in [0.15, 0.2) is 0 Å². The van der Waals surface area contributed by atoms with Gasteiger partial charge in [0.25, 0.3) is 5.91 Å². The molecule has 0 unspecified atom stereocenters. The summed E-state index contributed by atoms with van der Waals surface area (Å²) in [5.74, 6) is -0.340. The lowest BCUT2D eigenvalue weighted by Crippen LogP contribution is -2.34. The molecular weight excluding hydrogens is 370 g/mol. The molecule has 1 heterocycles. The minimum atomic E-state index is -0.522. The molecule has 0 aromatic heterocycles. The number of piperidine rings is 1. The van der Waals surface area contributed by atoms with E-state index >= 15 is 0 Å². The second-order valence-electron chi connectivity index (χ2n) is 6.02. The van der Waals surface area contributed by atoms with Crippen LogP contribution < -0.4 is 10.1 Å². The van der Waals surface area contributed by atoms with Gasteiger partial charge in [0.2, 0.25) is 0 Å². The van der Waals surface area contributed by atoms with Crippen LogP contribution in [0.15, 0.2) is 30.0 Å². The van der Waals surface area contributed by atoms with E-state index in [1.165, 1.54) is 13.3 Å². The number of carbonyl (C=O) groups excluding carboxylic acids is 2. The van der Waals surface area contributed by atoms with Gasteiger partial charge in [-0.2, -0.15) is 5.26 Å². The van der Waals surface area contributed by atoms with Gasteiger partial charge in [-0.25, -0.2) is 0 Å². The number of nitrogens with zero attached hydrogens (tertiary/aromatic N) is 2. The standard InChI is InChI=1S/C19H22ClN3O4/c1-3-27-19(25)13-6-8-23(9-7-13)12-14(11-21)18(24)22-15-4-5-17(26-2)16(20)10-15/h4-5,10,12-13H,3,6-9H2,1-2H3,(H,22,24)/b14-12-. The number of nitriles is 1. The number of halogens is 1. The largest absolute Gasteiger partial charge is 0.495 e. The first-order valence-electron chi connectivity index (χ1n) is 8.66. The summed E-state index contributed by atoms with van der Waals surface area (Å²) >= 11 is 6.04. The summed E-state index contributed by atoms with van der Waals surface area (Å²) in [6.07, 6.45) is 2.79. The zero-order valence-corrected chi connectivity index (χ0v) is 16.1. The van der Waals surface area contributed by atoms with Gasteiger partial charge in [0, 0.05) is 25.0 Å². The van der Waals surface area contributed by atoms with Crippen LogP contribution in [0, 0.1) is 17.2 Å². The molecular formula is C19H22ClN3O4. The molecule has 144 valence electrons. The van der Waals surface area contributed by atoms with E-state index in [2.05, 4.69) is 5.32 Å². The molecule has 1 amide bonds. The van der Waals surface area contributed by atoms with E-state index in [4.69, 9.17) is 21.1 Å². The van der Waals surface area contributed by atoms with Crippen LogP contribution in [-0.2, 0) is 14.3 Å². The Morgan fingerprint density at radius 1 is 1.41 bits per heavy atom. The van der Waals surface area contributed by atoms with Crippen molar-refractivity contribution in [2.24, 2.45) is 5.92 Å². The van der Waals surface area contributed by atoms with Gasteiger partial charge >= 0.3 is 5.97 Å². The summed E-state index contributed by atoms with van der Waals surface area (Å²) in [5.41, 5.74) is 0.449. The maximum Gasteiger partial charge on any atom is 0.309 e. The summed E-state index contributed by atoms with van der Waals surface area (Å²) in [6, 6.07) is 6.75. The van der Waals surface area contributed by atoms with E-state index in [0.29, 0.717) is 49.0 Å². The number of hydrogen-bond acceptors (Lipinski definition) is 6. The van der Waals surface area contributed by atoms with E-state index in [0.717, 1.165) is 0 Å². The van der Waals surface area contributed by atoms with Gasteiger partial charge in [-0.1, -0.05) is 11.6 Å². The molecule has 0 aliphatic carbocycles. The van der Waals surface area contributed by atoms with Crippen molar-refractivity contribution in [2.75, 3.05) is 32.1 Å². The van der Waals surface area contributed by atoms with Crippen molar-refractivity contribution in [3.63, 3.8) is 0 Å². The smallest absolute Gasteiger partial charge is 0.309 e. The third-order valence-corrected chi connectivity index (χ3v) is 4.53. The number of nitrogens with one attached hydrogen (secondary N) is 1. The maximum atomic E-state index is 12.4. The number of hydrogen-bond donors (Lipinski definition) is 1. The highest BCUT2D eigenvalue weighted by Gasteiger charge is 2.25. The van der Waals surface area contributed by atoms with Crippen molar-refractivity contribution >= 4 is 29.2 Å². The molecule has 1 saturated heterocycles. The lowest BCUT2D eigenvalue weighted by molar-refractivity contribution is -0.149. The van der Waals surface area contributed by atoms with Crippen molar-refractivity contribution in [3.05, 3.63) is 35.0 Å². The fourth-order valence-corrected chi connectivity index (χ4v) is 3.05. The summed E-state index contributed by atoms with van der Waals surface area (Å²) in [7, 11) is 1.50. The second-order valence-corrected chi connectivity index (χ2v) is 6.43. The van der Waals surface area contributed by atoms with Gasteiger partial charge in [-0.3, -0.25) is 9.59 Å². The Kier molecular flexibility index (Phi) is 7.50.